The van der Waals surface area contributed by atoms with Gasteiger partial charge in [-0.1, -0.05) is 31.7 Å². The lowest BCUT2D eigenvalue weighted by molar-refractivity contribution is -0.113. The first-order chi connectivity index (χ1) is 12.9. The van der Waals surface area contributed by atoms with E-state index in [9.17, 15) is 13.2 Å². The molecule has 0 fully saturated rings. The lowest BCUT2D eigenvalue weighted by Crippen LogP contribution is -2.30. The normalized spacial score (nSPS) is 11.4. The molecule has 27 heavy (non-hydrogen) atoms. The fourth-order valence-electron chi connectivity index (χ4n) is 2.42. The standard InChI is InChI=1S/C18H23N3O4S2/c1-4-21(5-2)27(23,24)14-9-10-16(25-3)15(12-14)20-17(22)13-26-18-8-6-7-11-19-18/h6-12H,4-5,13H2,1-3H3,(H,20,22). The maximum Gasteiger partial charge on any atom is 0.243 e. The summed E-state index contributed by atoms with van der Waals surface area (Å²) in [6.07, 6.45) is 1.66. The molecule has 2 rings (SSSR count). The largest absolute Gasteiger partial charge is 0.495 e. The number of methoxy groups -OCH3 is 1. The van der Waals surface area contributed by atoms with Gasteiger partial charge in [0.2, 0.25) is 15.9 Å². The first-order valence-electron chi connectivity index (χ1n) is 8.44. The van der Waals surface area contributed by atoms with Crippen LogP contribution in [0.4, 0.5) is 5.69 Å². The second-order valence-electron chi connectivity index (χ2n) is 5.46. The molecule has 0 spiro atoms. The lowest BCUT2D eigenvalue weighted by atomic mass is 10.3. The number of pyridine rings is 1. The van der Waals surface area contributed by atoms with E-state index in [4.69, 9.17) is 4.74 Å². The van der Waals surface area contributed by atoms with E-state index in [1.54, 1.807) is 26.1 Å². The zero-order valence-corrected chi connectivity index (χ0v) is 17.1. The minimum Gasteiger partial charge on any atom is -0.495 e. The Kier molecular flexibility index (Phi) is 7.64. The van der Waals surface area contributed by atoms with Crippen molar-refractivity contribution < 1.29 is 17.9 Å². The number of nitrogens with one attached hydrogen (secondary N) is 1. The van der Waals surface area contributed by atoms with E-state index in [-0.39, 0.29) is 16.6 Å². The van der Waals surface area contributed by atoms with Crippen molar-refractivity contribution in [3.8, 4) is 5.75 Å². The van der Waals surface area contributed by atoms with Crippen molar-refractivity contribution in [2.75, 3.05) is 31.3 Å². The van der Waals surface area contributed by atoms with Crippen LogP contribution in [0.2, 0.25) is 0 Å². The summed E-state index contributed by atoms with van der Waals surface area (Å²) in [6.45, 7) is 4.30. The number of anilines is 1. The Hall–Kier alpha value is -2.10. The highest BCUT2D eigenvalue weighted by Gasteiger charge is 2.23. The quantitative estimate of drug-likeness (QED) is 0.641. The number of nitrogens with zero attached hydrogens (tertiary/aromatic N) is 2. The number of rotatable bonds is 9. The predicted molar refractivity (Wildman–Crippen MR) is 107 cm³/mol. The van der Waals surface area contributed by atoms with E-state index in [2.05, 4.69) is 10.3 Å². The molecule has 146 valence electrons. The van der Waals surface area contributed by atoms with Crippen LogP contribution in [0.15, 0.2) is 52.5 Å². The van der Waals surface area contributed by atoms with Crippen LogP contribution in [0.5, 0.6) is 5.75 Å². The molecular weight excluding hydrogens is 386 g/mol. The number of benzene rings is 1. The van der Waals surface area contributed by atoms with E-state index in [0.717, 1.165) is 5.03 Å². The molecular formula is C18H23N3O4S2. The lowest BCUT2D eigenvalue weighted by Gasteiger charge is -2.19. The number of ether oxygens (including phenoxy) is 1. The molecule has 9 heteroatoms. The first-order valence-corrected chi connectivity index (χ1v) is 10.9. The molecule has 0 saturated carbocycles. The molecule has 1 N–H and O–H groups in total. The number of thioether (sulfide) groups is 1. The molecule has 0 aliphatic heterocycles. The molecule has 0 atom stereocenters. The van der Waals surface area contributed by atoms with Crippen LogP contribution >= 0.6 is 11.8 Å². The van der Waals surface area contributed by atoms with Gasteiger partial charge < -0.3 is 10.1 Å². The van der Waals surface area contributed by atoms with Crippen LogP contribution in [0, 0.1) is 0 Å². The van der Waals surface area contributed by atoms with Crippen molar-refractivity contribution in [2.24, 2.45) is 0 Å². The Morgan fingerprint density at radius 3 is 2.56 bits per heavy atom. The van der Waals surface area contributed by atoms with Gasteiger partial charge in [-0.05, 0) is 30.3 Å². The van der Waals surface area contributed by atoms with Crippen molar-refractivity contribution in [1.82, 2.24) is 9.29 Å². The second kappa shape index (κ2) is 9.72. The molecule has 1 amide bonds. The van der Waals surface area contributed by atoms with Crippen LogP contribution in [0.1, 0.15) is 13.8 Å². The van der Waals surface area contributed by atoms with Crippen LogP contribution in [-0.2, 0) is 14.8 Å². The van der Waals surface area contributed by atoms with Crippen LogP contribution in [0.3, 0.4) is 0 Å². The van der Waals surface area contributed by atoms with Gasteiger partial charge in [0.25, 0.3) is 0 Å². The summed E-state index contributed by atoms with van der Waals surface area (Å²) in [5.41, 5.74) is 0.317. The Bertz CT molecular complexity index is 869. The molecule has 0 aliphatic carbocycles. The average molecular weight is 410 g/mol. The third kappa shape index (κ3) is 5.44. The van der Waals surface area contributed by atoms with Crippen LogP contribution in [-0.4, -0.2) is 49.6 Å². The highest BCUT2D eigenvalue weighted by Crippen LogP contribution is 2.29. The minimum atomic E-state index is -3.63. The summed E-state index contributed by atoms with van der Waals surface area (Å²) in [5.74, 6) is 0.263. The Morgan fingerprint density at radius 1 is 1.22 bits per heavy atom. The molecule has 0 unspecified atom stereocenters. The van der Waals surface area contributed by atoms with Crippen molar-refractivity contribution in [2.45, 2.75) is 23.8 Å². The van der Waals surface area contributed by atoms with Crippen molar-refractivity contribution in [3.05, 3.63) is 42.6 Å². The molecule has 7 nitrogen and oxygen atoms in total. The first kappa shape index (κ1) is 21.2. The second-order valence-corrected chi connectivity index (χ2v) is 8.39. The fourth-order valence-corrected chi connectivity index (χ4v) is 4.56. The minimum absolute atomic E-state index is 0.111. The van der Waals surface area contributed by atoms with E-state index in [0.29, 0.717) is 24.5 Å². The van der Waals surface area contributed by atoms with Crippen LogP contribution in [0.25, 0.3) is 0 Å². The van der Waals surface area contributed by atoms with Gasteiger partial charge in [-0.15, -0.1) is 0 Å². The Labute approximate surface area is 164 Å². The Balaban J connectivity index is 2.18. The van der Waals surface area contributed by atoms with E-state index < -0.39 is 10.0 Å². The molecule has 0 aliphatic rings. The number of carbonyl (C=O) groups excluding carboxylic acids is 1. The van der Waals surface area contributed by atoms with Gasteiger partial charge >= 0.3 is 0 Å². The summed E-state index contributed by atoms with van der Waals surface area (Å²) in [6, 6.07) is 9.91. The van der Waals surface area contributed by atoms with Gasteiger partial charge in [0.05, 0.1) is 28.5 Å². The fraction of sp³-hybridized carbons (Fsp3) is 0.333. The highest BCUT2D eigenvalue weighted by atomic mass is 32.2. The monoisotopic (exact) mass is 409 g/mol. The highest BCUT2D eigenvalue weighted by molar-refractivity contribution is 7.99. The molecule has 1 aromatic carbocycles. The van der Waals surface area contributed by atoms with Gasteiger partial charge in [-0.25, -0.2) is 13.4 Å². The van der Waals surface area contributed by atoms with Gasteiger partial charge in [-0.3, -0.25) is 4.79 Å². The number of sulfonamides is 1. The molecule has 0 radical (unpaired) electrons. The van der Waals surface area contributed by atoms with Gasteiger partial charge in [0.15, 0.2) is 0 Å². The smallest absolute Gasteiger partial charge is 0.243 e. The number of aromatic nitrogens is 1. The van der Waals surface area contributed by atoms with Crippen molar-refractivity contribution in [1.29, 1.82) is 0 Å². The third-order valence-corrected chi connectivity index (χ3v) is 6.77. The zero-order chi connectivity index (χ0) is 19.9. The number of amides is 1. The van der Waals surface area contributed by atoms with Gasteiger partial charge in [-0.2, -0.15) is 4.31 Å². The number of carbonyl (C=O) groups is 1. The maximum absolute atomic E-state index is 12.7. The summed E-state index contributed by atoms with van der Waals surface area (Å²) < 4.78 is 32.0. The third-order valence-electron chi connectivity index (χ3n) is 3.78. The van der Waals surface area contributed by atoms with E-state index in [1.807, 2.05) is 12.1 Å². The van der Waals surface area contributed by atoms with E-state index >= 15 is 0 Å². The van der Waals surface area contributed by atoms with E-state index in [1.165, 1.54) is 41.4 Å². The topological polar surface area (TPSA) is 88.6 Å². The molecule has 1 heterocycles. The summed E-state index contributed by atoms with van der Waals surface area (Å²) in [7, 11) is -2.16. The molecule has 1 aromatic heterocycles. The molecule has 0 saturated heterocycles. The summed E-state index contributed by atoms with van der Waals surface area (Å²) >= 11 is 1.29. The summed E-state index contributed by atoms with van der Waals surface area (Å²) in [4.78, 5) is 16.5. The Morgan fingerprint density at radius 2 is 1.96 bits per heavy atom. The predicted octanol–water partition coefficient (Wildman–Crippen LogP) is 2.85. The van der Waals surface area contributed by atoms with Crippen molar-refractivity contribution >= 4 is 33.4 Å². The molecule has 2 aromatic rings. The SMILES string of the molecule is CCN(CC)S(=O)(=O)c1ccc(OC)c(NC(=O)CSc2ccccn2)c1. The summed E-state index contributed by atoms with van der Waals surface area (Å²) in [5, 5.41) is 3.46. The number of hydrogen-bond donors (Lipinski definition) is 1. The number of hydrogen-bond acceptors (Lipinski definition) is 6. The maximum atomic E-state index is 12.7. The van der Waals surface area contributed by atoms with Gasteiger partial charge in [0.1, 0.15) is 5.75 Å². The van der Waals surface area contributed by atoms with Gasteiger partial charge in [0, 0.05) is 19.3 Å². The zero-order valence-electron chi connectivity index (χ0n) is 15.5. The van der Waals surface area contributed by atoms with Crippen molar-refractivity contribution in [3.63, 3.8) is 0 Å². The van der Waals surface area contributed by atoms with Crippen LogP contribution < -0.4 is 10.1 Å². The average Bonchev–Trinajstić information content (AvgIpc) is 2.68. The molecule has 0 bridgehead atoms.